The van der Waals surface area contributed by atoms with E-state index in [4.69, 9.17) is 9.73 Å². The first-order valence-electron chi connectivity index (χ1n) is 13.2. The summed E-state index contributed by atoms with van der Waals surface area (Å²) >= 11 is 0. The minimum atomic E-state index is -0.427. The zero-order chi connectivity index (χ0) is 26.8. The van der Waals surface area contributed by atoms with Gasteiger partial charge in [-0.25, -0.2) is 4.39 Å². The van der Waals surface area contributed by atoms with Crippen LogP contribution >= 0.6 is 0 Å². The number of hydrogen-bond acceptors (Lipinski definition) is 5. The van der Waals surface area contributed by atoms with Crippen LogP contribution in [-0.4, -0.2) is 59.5 Å². The van der Waals surface area contributed by atoms with Gasteiger partial charge in [0.05, 0.1) is 11.6 Å². The van der Waals surface area contributed by atoms with Crippen LogP contribution in [0.2, 0.25) is 0 Å². The molecule has 2 unspecified atom stereocenters. The second-order valence-corrected chi connectivity index (χ2v) is 10.4. The SMILES string of the molecule is Cc1cc2c(F)c(O/C3=C(\C#N)C(=NC4C=CC(N5CCN(C)CC5)=CC4)N/C=C/CC3C)ccc2n1C. The van der Waals surface area contributed by atoms with Gasteiger partial charge in [-0.3, -0.25) is 4.99 Å². The number of hydrogen-bond donors (Lipinski definition) is 1. The third-order valence-electron chi connectivity index (χ3n) is 7.68. The van der Waals surface area contributed by atoms with Crippen molar-refractivity contribution in [1.29, 1.82) is 5.26 Å². The quantitative estimate of drug-likeness (QED) is 0.636. The molecule has 0 bridgehead atoms. The number of rotatable bonds is 4. The van der Waals surface area contributed by atoms with Gasteiger partial charge in [-0.1, -0.05) is 25.2 Å². The molecule has 5 rings (SSSR count). The van der Waals surface area contributed by atoms with Gasteiger partial charge in [0.15, 0.2) is 11.6 Å². The Morgan fingerprint density at radius 3 is 2.66 bits per heavy atom. The van der Waals surface area contributed by atoms with Crippen LogP contribution in [0.4, 0.5) is 4.39 Å². The average molecular weight is 515 g/mol. The number of nitrogens with one attached hydrogen (secondary N) is 1. The highest BCUT2D eigenvalue weighted by molar-refractivity contribution is 6.03. The van der Waals surface area contributed by atoms with E-state index in [1.54, 1.807) is 6.07 Å². The van der Waals surface area contributed by atoms with E-state index in [1.807, 2.05) is 49.9 Å². The van der Waals surface area contributed by atoms with Crippen LogP contribution in [0.15, 0.2) is 70.7 Å². The first-order chi connectivity index (χ1) is 18.4. The number of fused-ring (bicyclic) bond motifs is 1. The third kappa shape index (κ3) is 5.11. The van der Waals surface area contributed by atoms with Crippen LogP contribution in [0.25, 0.3) is 10.9 Å². The Kier molecular flexibility index (Phi) is 7.39. The Hall–Kier alpha value is -3.83. The van der Waals surface area contributed by atoms with E-state index >= 15 is 4.39 Å². The van der Waals surface area contributed by atoms with E-state index in [9.17, 15) is 5.26 Å². The fourth-order valence-corrected chi connectivity index (χ4v) is 5.16. The number of benzene rings is 1. The number of halogens is 1. The van der Waals surface area contributed by atoms with E-state index in [-0.39, 0.29) is 17.7 Å². The molecule has 2 atom stereocenters. The Morgan fingerprint density at radius 2 is 1.95 bits per heavy atom. The molecule has 1 aromatic heterocycles. The molecule has 1 fully saturated rings. The van der Waals surface area contributed by atoms with Crippen LogP contribution in [0.5, 0.6) is 5.75 Å². The molecule has 3 heterocycles. The number of aromatic nitrogens is 1. The lowest BCUT2D eigenvalue weighted by Gasteiger charge is -2.35. The van der Waals surface area contributed by atoms with E-state index < -0.39 is 5.82 Å². The van der Waals surface area contributed by atoms with Crippen molar-refractivity contribution in [2.45, 2.75) is 32.7 Å². The van der Waals surface area contributed by atoms with Crippen molar-refractivity contribution in [2.75, 3.05) is 33.2 Å². The molecule has 2 aromatic rings. The lowest BCUT2D eigenvalue weighted by atomic mass is 9.99. The van der Waals surface area contributed by atoms with Crippen LogP contribution in [0.3, 0.4) is 0 Å². The molecule has 3 aliphatic rings. The zero-order valence-corrected chi connectivity index (χ0v) is 22.5. The number of ether oxygens (including phenoxy) is 1. The molecule has 1 aliphatic carbocycles. The van der Waals surface area contributed by atoms with Gasteiger partial charge in [-0.15, -0.1) is 0 Å². The molecule has 38 heavy (non-hydrogen) atoms. The third-order valence-corrected chi connectivity index (χ3v) is 7.68. The van der Waals surface area contributed by atoms with Crippen molar-refractivity contribution >= 4 is 16.7 Å². The topological polar surface area (TPSA) is 68.8 Å². The number of piperazine rings is 1. The first-order valence-corrected chi connectivity index (χ1v) is 13.2. The maximum Gasteiger partial charge on any atom is 0.175 e. The molecular formula is C30H35FN6O. The minimum absolute atomic E-state index is 0.109. The Balaban J connectivity index is 1.43. The predicted molar refractivity (Wildman–Crippen MR) is 149 cm³/mol. The average Bonchev–Trinajstić information content (AvgIpc) is 3.21. The van der Waals surface area contributed by atoms with Crippen molar-refractivity contribution < 1.29 is 9.13 Å². The molecule has 198 valence electrons. The van der Waals surface area contributed by atoms with Gasteiger partial charge >= 0.3 is 0 Å². The molecule has 0 spiro atoms. The van der Waals surface area contributed by atoms with E-state index in [0.717, 1.165) is 43.8 Å². The summed E-state index contributed by atoms with van der Waals surface area (Å²) in [5.74, 6) is 0.408. The Labute approximate surface area is 223 Å². The van der Waals surface area contributed by atoms with E-state index in [0.29, 0.717) is 29.0 Å². The summed E-state index contributed by atoms with van der Waals surface area (Å²) in [5, 5.41) is 13.9. The highest BCUT2D eigenvalue weighted by atomic mass is 19.1. The van der Waals surface area contributed by atoms with Crippen molar-refractivity contribution in [2.24, 2.45) is 18.0 Å². The van der Waals surface area contributed by atoms with Crippen molar-refractivity contribution in [3.63, 3.8) is 0 Å². The molecule has 8 heteroatoms. The lowest BCUT2D eigenvalue weighted by Crippen LogP contribution is -2.43. The molecule has 0 saturated carbocycles. The molecule has 1 N–H and O–H groups in total. The van der Waals surface area contributed by atoms with E-state index in [2.05, 4.69) is 46.5 Å². The zero-order valence-electron chi connectivity index (χ0n) is 22.5. The maximum atomic E-state index is 15.5. The minimum Gasteiger partial charge on any atom is -0.457 e. The predicted octanol–water partition coefficient (Wildman–Crippen LogP) is 4.78. The van der Waals surface area contributed by atoms with Gasteiger partial charge in [-0.2, -0.15) is 5.26 Å². The first kappa shape index (κ1) is 25.8. The molecular weight excluding hydrogens is 479 g/mol. The van der Waals surface area contributed by atoms with Crippen molar-refractivity contribution in [3.05, 3.63) is 77.2 Å². The summed E-state index contributed by atoms with van der Waals surface area (Å²) < 4.78 is 23.7. The van der Waals surface area contributed by atoms with Crippen LogP contribution < -0.4 is 10.1 Å². The summed E-state index contributed by atoms with van der Waals surface area (Å²) in [6.07, 6.45) is 11.6. The van der Waals surface area contributed by atoms with Gasteiger partial charge in [-0.05, 0) is 57.3 Å². The molecule has 1 saturated heterocycles. The van der Waals surface area contributed by atoms with Gasteiger partial charge in [0.25, 0.3) is 0 Å². The summed E-state index contributed by atoms with van der Waals surface area (Å²) in [4.78, 5) is 9.64. The Bertz CT molecular complexity index is 1410. The largest absolute Gasteiger partial charge is 0.457 e. The smallest absolute Gasteiger partial charge is 0.175 e. The van der Waals surface area contributed by atoms with Gasteiger partial charge < -0.3 is 24.4 Å². The van der Waals surface area contributed by atoms with Crippen LogP contribution in [0, 0.1) is 30.0 Å². The molecule has 1 aromatic carbocycles. The van der Waals surface area contributed by atoms with Crippen LogP contribution in [-0.2, 0) is 7.05 Å². The summed E-state index contributed by atoms with van der Waals surface area (Å²) in [7, 11) is 4.06. The lowest BCUT2D eigenvalue weighted by molar-refractivity contribution is 0.189. The fourth-order valence-electron chi connectivity index (χ4n) is 5.16. The summed E-state index contributed by atoms with van der Waals surface area (Å²) in [5.41, 5.74) is 3.29. The number of nitrogens with zero attached hydrogens (tertiary/aromatic N) is 5. The van der Waals surface area contributed by atoms with Crippen LogP contribution in [0.1, 0.15) is 25.5 Å². The number of nitriles is 1. The summed E-state index contributed by atoms with van der Waals surface area (Å²) in [6.45, 7) is 8.07. The molecule has 0 amide bonds. The van der Waals surface area contributed by atoms with Gasteiger partial charge in [0, 0.05) is 55.9 Å². The fraction of sp³-hybridized carbons (Fsp3) is 0.400. The molecule has 7 nitrogen and oxygen atoms in total. The molecule has 2 aliphatic heterocycles. The number of amidine groups is 1. The Morgan fingerprint density at radius 1 is 1.16 bits per heavy atom. The van der Waals surface area contributed by atoms with Crippen molar-refractivity contribution in [3.8, 4) is 11.8 Å². The summed E-state index contributed by atoms with van der Waals surface area (Å²) in [6, 6.07) is 7.49. The second kappa shape index (κ2) is 10.9. The number of likely N-dealkylation sites (N-methyl/N-ethyl adjacent to an activating group) is 1. The highest BCUT2D eigenvalue weighted by Crippen LogP contribution is 2.33. The van der Waals surface area contributed by atoms with Crippen molar-refractivity contribution in [1.82, 2.24) is 19.7 Å². The number of aliphatic imine (C=N–C) groups is 1. The van der Waals surface area contributed by atoms with E-state index in [1.165, 1.54) is 5.70 Å². The second-order valence-electron chi connectivity index (χ2n) is 10.4. The highest BCUT2D eigenvalue weighted by Gasteiger charge is 2.25. The van der Waals surface area contributed by atoms with Gasteiger partial charge in [0.1, 0.15) is 23.2 Å². The maximum absolute atomic E-state index is 15.5. The number of aryl methyl sites for hydroxylation is 2. The molecule has 0 radical (unpaired) electrons. The number of allylic oxidation sites excluding steroid dienone is 3. The monoisotopic (exact) mass is 514 g/mol. The normalized spacial score (nSPS) is 26.5. The standard InChI is InChI=1S/C30H35FN6O/c1-20-6-5-13-33-30(34-22-7-9-23(10-8-22)37-16-14-35(3)15-17-37)25(19-32)29(20)38-27-12-11-26-24(28(27)31)18-21(2)36(26)4/h5,7,9-13,18,20,22H,6,8,14-17H2,1-4H3,(H,33,34)/b13-5+,29-25+. The van der Waals surface area contributed by atoms with Gasteiger partial charge in [0.2, 0.25) is 0 Å².